The van der Waals surface area contributed by atoms with Crippen LogP contribution in [0.5, 0.6) is 5.88 Å². The van der Waals surface area contributed by atoms with E-state index in [1.165, 1.54) is 0 Å². The number of pyridine rings is 2. The summed E-state index contributed by atoms with van der Waals surface area (Å²) in [5.74, 6) is 1.72. The van der Waals surface area contributed by atoms with Crippen LogP contribution < -0.4 is 15.4 Å². The van der Waals surface area contributed by atoms with Crippen LogP contribution >= 0.6 is 23.2 Å². The maximum Gasteiger partial charge on any atom is 0.212 e. The molecule has 5 nitrogen and oxygen atoms in total. The topological polar surface area (TPSA) is 59.1 Å². The van der Waals surface area contributed by atoms with Gasteiger partial charge in [0.25, 0.3) is 0 Å². The van der Waals surface area contributed by atoms with Crippen LogP contribution in [0.15, 0.2) is 24.4 Å². The summed E-state index contributed by atoms with van der Waals surface area (Å²) in [4.78, 5) is 8.44. The first kappa shape index (κ1) is 14.7. The van der Waals surface area contributed by atoms with E-state index in [4.69, 9.17) is 27.9 Å². The van der Waals surface area contributed by atoms with Gasteiger partial charge in [0.05, 0.1) is 17.2 Å². The molecule has 0 aliphatic heterocycles. The molecule has 0 saturated heterocycles. The van der Waals surface area contributed by atoms with Crippen molar-refractivity contribution in [3.05, 3.63) is 40.0 Å². The van der Waals surface area contributed by atoms with E-state index < -0.39 is 0 Å². The molecular weight excluding hydrogens is 299 g/mol. The summed E-state index contributed by atoms with van der Waals surface area (Å²) in [6.45, 7) is 0.550. The minimum atomic E-state index is 0.468. The highest BCUT2D eigenvalue weighted by atomic mass is 35.5. The molecule has 0 fully saturated rings. The zero-order valence-electron chi connectivity index (χ0n) is 11.1. The van der Waals surface area contributed by atoms with Crippen LogP contribution in [0, 0.1) is 0 Å². The normalized spacial score (nSPS) is 10.2. The molecule has 2 N–H and O–H groups in total. The summed E-state index contributed by atoms with van der Waals surface area (Å²) in [7, 11) is 3.33. The standard InChI is InChI=1S/C13H14Cl2N4O/c1-16-12-9(14)5-10(15)13(19-12)18-7-8-3-4-11(20-2)17-6-8/h3-6H,7H2,1-2H3,(H2,16,18,19). The van der Waals surface area contributed by atoms with Crippen molar-refractivity contribution in [1.29, 1.82) is 0 Å². The number of ether oxygens (including phenoxy) is 1. The Hall–Kier alpha value is -1.72. The SMILES string of the molecule is CNc1nc(NCc2ccc(OC)nc2)c(Cl)cc1Cl. The van der Waals surface area contributed by atoms with Gasteiger partial charge in [-0.25, -0.2) is 9.97 Å². The third-order valence-electron chi connectivity index (χ3n) is 2.63. The highest BCUT2D eigenvalue weighted by Gasteiger charge is 2.08. The second-order valence-electron chi connectivity index (χ2n) is 3.96. The van der Waals surface area contributed by atoms with Gasteiger partial charge in [0.2, 0.25) is 5.88 Å². The van der Waals surface area contributed by atoms with Crippen molar-refractivity contribution in [2.45, 2.75) is 6.54 Å². The summed E-state index contributed by atoms with van der Waals surface area (Å²) in [6, 6.07) is 5.37. The van der Waals surface area contributed by atoms with Crippen molar-refractivity contribution < 1.29 is 4.74 Å². The lowest BCUT2D eigenvalue weighted by Gasteiger charge is -2.11. The molecule has 2 aromatic rings. The fourth-order valence-electron chi connectivity index (χ4n) is 1.59. The summed E-state index contributed by atoms with van der Waals surface area (Å²) < 4.78 is 5.01. The molecule has 0 aromatic carbocycles. The van der Waals surface area contributed by atoms with Crippen molar-refractivity contribution >= 4 is 34.8 Å². The zero-order valence-corrected chi connectivity index (χ0v) is 12.6. The molecular formula is C13H14Cl2N4O. The van der Waals surface area contributed by atoms with Crippen molar-refractivity contribution in [3.8, 4) is 5.88 Å². The maximum atomic E-state index is 6.10. The third-order valence-corrected chi connectivity index (χ3v) is 3.21. The predicted octanol–water partition coefficient (Wildman–Crippen LogP) is 3.45. The van der Waals surface area contributed by atoms with Gasteiger partial charge >= 0.3 is 0 Å². The molecule has 0 amide bonds. The Morgan fingerprint density at radius 1 is 1.20 bits per heavy atom. The number of rotatable bonds is 5. The Kier molecular flexibility index (Phi) is 4.87. The molecule has 0 bridgehead atoms. The molecule has 20 heavy (non-hydrogen) atoms. The monoisotopic (exact) mass is 312 g/mol. The molecule has 0 radical (unpaired) electrons. The van der Waals surface area contributed by atoms with E-state index in [-0.39, 0.29) is 0 Å². The number of hydrogen-bond acceptors (Lipinski definition) is 5. The van der Waals surface area contributed by atoms with Crippen molar-refractivity contribution in [1.82, 2.24) is 9.97 Å². The fourth-order valence-corrected chi connectivity index (χ4v) is 2.11. The number of methoxy groups -OCH3 is 1. The molecule has 0 saturated carbocycles. The summed E-state index contributed by atoms with van der Waals surface area (Å²) in [6.07, 6.45) is 1.73. The number of nitrogens with one attached hydrogen (secondary N) is 2. The van der Waals surface area contributed by atoms with E-state index in [2.05, 4.69) is 20.6 Å². The zero-order chi connectivity index (χ0) is 14.5. The Morgan fingerprint density at radius 3 is 2.55 bits per heavy atom. The molecule has 106 valence electrons. The first-order valence-electron chi connectivity index (χ1n) is 5.90. The maximum absolute atomic E-state index is 6.10. The van der Waals surface area contributed by atoms with Crippen LogP contribution in [0.2, 0.25) is 10.0 Å². The average Bonchev–Trinajstić information content (AvgIpc) is 2.47. The first-order chi connectivity index (χ1) is 9.63. The number of anilines is 2. The van der Waals surface area contributed by atoms with Crippen LogP contribution in [-0.4, -0.2) is 24.1 Å². The van der Waals surface area contributed by atoms with Crippen LogP contribution in [0.3, 0.4) is 0 Å². The second kappa shape index (κ2) is 6.63. The number of aromatic nitrogens is 2. The quantitative estimate of drug-likeness (QED) is 0.885. The van der Waals surface area contributed by atoms with Crippen molar-refractivity contribution in [2.75, 3.05) is 24.8 Å². The molecule has 0 aliphatic rings. The predicted molar refractivity (Wildman–Crippen MR) is 81.9 cm³/mol. The Balaban J connectivity index is 2.09. The minimum Gasteiger partial charge on any atom is -0.481 e. The van der Waals surface area contributed by atoms with Crippen LogP contribution in [-0.2, 0) is 6.54 Å². The van der Waals surface area contributed by atoms with E-state index in [1.54, 1.807) is 32.5 Å². The number of nitrogens with zero attached hydrogens (tertiary/aromatic N) is 2. The van der Waals surface area contributed by atoms with E-state index in [9.17, 15) is 0 Å². The number of hydrogen-bond donors (Lipinski definition) is 2. The van der Waals surface area contributed by atoms with Gasteiger partial charge in [0, 0.05) is 25.9 Å². The minimum absolute atomic E-state index is 0.468. The molecule has 0 aliphatic carbocycles. The lowest BCUT2D eigenvalue weighted by molar-refractivity contribution is 0.397. The Morgan fingerprint density at radius 2 is 1.95 bits per heavy atom. The Bertz CT molecular complexity index is 590. The number of halogens is 2. The van der Waals surface area contributed by atoms with E-state index in [1.807, 2.05) is 6.07 Å². The highest BCUT2D eigenvalue weighted by molar-refractivity contribution is 6.37. The lowest BCUT2D eigenvalue weighted by Crippen LogP contribution is -2.04. The van der Waals surface area contributed by atoms with Gasteiger partial charge in [0.1, 0.15) is 11.6 Å². The van der Waals surface area contributed by atoms with Crippen LogP contribution in [0.4, 0.5) is 11.6 Å². The summed E-state index contributed by atoms with van der Waals surface area (Å²) >= 11 is 12.1. The average molecular weight is 313 g/mol. The molecule has 7 heteroatoms. The van der Waals surface area contributed by atoms with E-state index >= 15 is 0 Å². The first-order valence-corrected chi connectivity index (χ1v) is 6.66. The molecule has 0 spiro atoms. The van der Waals surface area contributed by atoms with E-state index in [0.717, 1.165) is 5.56 Å². The summed E-state index contributed by atoms with van der Waals surface area (Å²) in [5, 5.41) is 7.00. The summed E-state index contributed by atoms with van der Waals surface area (Å²) in [5.41, 5.74) is 0.990. The van der Waals surface area contributed by atoms with E-state index in [0.29, 0.717) is 34.1 Å². The van der Waals surface area contributed by atoms with Gasteiger partial charge in [-0.3, -0.25) is 0 Å². The highest BCUT2D eigenvalue weighted by Crippen LogP contribution is 2.29. The van der Waals surface area contributed by atoms with Gasteiger partial charge < -0.3 is 15.4 Å². The molecule has 0 unspecified atom stereocenters. The van der Waals surface area contributed by atoms with Gasteiger partial charge in [-0.1, -0.05) is 29.3 Å². The van der Waals surface area contributed by atoms with Gasteiger partial charge in [-0.2, -0.15) is 0 Å². The van der Waals surface area contributed by atoms with Gasteiger partial charge in [-0.05, 0) is 11.6 Å². The molecule has 2 rings (SSSR count). The fraction of sp³-hybridized carbons (Fsp3) is 0.231. The smallest absolute Gasteiger partial charge is 0.212 e. The third kappa shape index (κ3) is 3.43. The van der Waals surface area contributed by atoms with Crippen molar-refractivity contribution in [3.63, 3.8) is 0 Å². The Labute approximate surface area is 127 Å². The van der Waals surface area contributed by atoms with Gasteiger partial charge in [0.15, 0.2) is 0 Å². The second-order valence-corrected chi connectivity index (χ2v) is 4.78. The van der Waals surface area contributed by atoms with Crippen LogP contribution in [0.1, 0.15) is 5.56 Å². The largest absolute Gasteiger partial charge is 0.481 e. The molecule has 2 aromatic heterocycles. The van der Waals surface area contributed by atoms with Crippen LogP contribution in [0.25, 0.3) is 0 Å². The lowest BCUT2D eigenvalue weighted by atomic mass is 10.3. The van der Waals surface area contributed by atoms with Gasteiger partial charge in [-0.15, -0.1) is 0 Å². The molecule has 0 atom stereocenters. The van der Waals surface area contributed by atoms with Crippen molar-refractivity contribution in [2.24, 2.45) is 0 Å². The molecule has 2 heterocycles.